The number of aromatic nitrogens is 1. The highest BCUT2D eigenvalue weighted by Gasteiger charge is 2.32. The van der Waals surface area contributed by atoms with Crippen LogP contribution in [-0.4, -0.2) is 16.1 Å². The molecule has 0 bridgehead atoms. The van der Waals surface area contributed by atoms with Crippen molar-refractivity contribution in [3.8, 4) is 0 Å². The number of aryl methyl sites for hydroxylation is 1. The van der Waals surface area contributed by atoms with Gasteiger partial charge in [0.25, 0.3) is 0 Å². The van der Waals surface area contributed by atoms with E-state index in [0.717, 1.165) is 5.13 Å². The van der Waals surface area contributed by atoms with Gasteiger partial charge in [0, 0.05) is 5.38 Å². The Hall–Kier alpha value is -1.88. The van der Waals surface area contributed by atoms with Crippen molar-refractivity contribution in [2.75, 3.05) is 5.32 Å². The second kappa shape index (κ2) is 5.85. The average Bonchev–Trinajstić information content (AvgIpc) is 2.88. The number of benzene rings is 1. The molecule has 0 fully saturated rings. The summed E-state index contributed by atoms with van der Waals surface area (Å²) in [5.74, 6) is -0.870. The number of nitrogens with one attached hydrogen (secondary N) is 1. The Balaban J connectivity index is 2.12. The fourth-order valence-electron chi connectivity index (χ4n) is 1.86. The number of carboxylic acid groups (broad SMARTS) is 1. The summed E-state index contributed by atoms with van der Waals surface area (Å²) in [5.41, 5.74) is 2.02. The molecule has 1 unspecified atom stereocenters. The molecule has 0 saturated carbocycles. The highest BCUT2D eigenvalue weighted by Crippen LogP contribution is 2.29. The molecular formula is C16H20N2O2S. The molecule has 0 aliphatic heterocycles. The van der Waals surface area contributed by atoms with Gasteiger partial charge in [-0.25, -0.2) is 4.98 Å². The van der Waals surface area contributed by atoms with Gasteiger partial charge in [0.1, 0.15) is 5.41 Å². The third-order valence-corrected chi connectivity index (χ3v) is 4.37. The predicted molar refractivity (Wildman–Crippen MR) is 86.0 cm³/mol. The van der Waals surface area contributed by atoms with Gasteiger partial charge in [-0.3, -0.25) is 4.79 Å². The summed E-state index contributed by atoms with van der Waals surface area (Å²) in [7, 11) is 0. The van der Waals surface area contributed by atoms with Crippen LogP contribution >= 0.6 is 11.3 Å². The van der Waals surface area contributed by atoms with Crippen molar-refractivity contribution < 1.29 is 9.90 Å². The first-order valence-corrected chi connectivity index (χ1v) is 7.71. The first-order chi connectivity index (χ1) is 9.80. The number of thiazole rings is 1. The Kier molecular flexibility index (Phi) is 4.32. The van der Waals surface area contributed by atoms with Crippen LogP contribution in [0.15, 0.2) is 29.6 Å². The van der Waals surface area contributed by atoms with Crippen molar-refractivity contribution in [3.63, 3.8) is 0 Å². The van der Waals surface area contributed by atoms with Crippen LogP contribution in [0, 0.1) is 6.92 Å². The standard InChI is InChI=1S/C16H20N2O2S/c1-10-5-7-12(8-6-10)11(2)17-15-18-13(9-21-15)16(3,4)14(19)20/h5-9,11H,1-4H3,(H,17,18)(H,19,20). The number of nitrogens with zero attached hydrogens (tertiary/aromatic N) is 1. The monoisotopic (exact) mass is 304 g/mol. The molecule has 0 saturated heterocycles. The fraction of sp³-hybridized carbons (Fsp3) is 0.375. The molecule has 112 valence electrons. The van der Waals surface area contributed by atoms with Crippen LogP contribution in [0.1, 0.15) is 43.6 Å². The van der Waals surface area contributed by atoms with Gasteiger partial charge >= 0.3 is 5.97 Å². The number of hydrogen-bond donors (Lipinski definition) is 2. The van der Waals surface area contributed by atoms with Crippen molar-refractivity contribution in [2.24, 2.45) is 0 Å². The summed E-state index contributed by atoms with van der Waals surface area (Å²) in [6, 6.07) is 8.45. The van der Waals surface area contributed by atoms with Gasteiger partial charge in [-0.2, -0.15) is 0 Å². The van der Waals surface area contributed by atoms with Crippen molar-refractivity contribution in [2.45, 2.75) is 39.2 Å². The van der Waals surface area contributed by atoms with Crippen molar-refractivity contribution in [1.82, 2.24) is 4.98 Å². The maximum Gasteiger partial charge on any atom is 0.315 e. The van der Waals surface area contributed by atoms with Crippen molar-refractivity contribution >= 4 is 22.4 Å². The maximum absolute atomic E-state index is 11.3. The SMILES string of the molecule is Cc1ccc(C(C)Nc2nc(C(C)(C)C(=O)O)cs2)cc1. The Morgan fingerprint density at radius 2 is 1.95 bits per heavy atom. The van der Waals surface area contributed by atoms with Crippen LogP contribution in [0.5, 0.6) is 0 Å². The van der Waals surface area contributed by atoms with Gasteiger partial charge in [-0.05, 0) is 33.3 Å². The van der Waals surface area contributed by atoms with Gasteiger partial charge in [0.15, 0.2) is 5.13 Å². The van der Waals surface area contributed by atoms with Crippen LogP contribution in [0.4, 0.5) is 5.13 Å². The molecule has 2 aromatic rings. The molecule has 0 radical (unpaired) electrons. The van der Waals surface area contributed by atoms with Crippen LogP contribution < -0.4 is 5.32 Å². The predicted octanol–water partition coefficient (Wildman–Crippen LogP) is 3.99. The zero-order chi connectivity index (χ0) is 15.6. The molecule has 0 spiro atoms. The van der Waals surface area contributed by atoms with E-state index in [1.807, 2.05) is 0 Å². The minimum Gasteiger partial charge on any atom is -0.481 e. The maximum atomic E-state index is 11.3. The summed E-state index contributed by atoms with van der Waals surface area (Å²) in [6.45, 7) is 7.45. The minimum absolute atomic E-state index is 0.123. The molecule has 0 aliphatic carbocycles. The van der Waals surface area contributed by atoms with Gasteiger partial charge in [0.2, 0.25) is 0 Å². The zero-order valence-corrected chi connectivity index (χ0v) is 13.5. The Bertz CT molecular complexity index is 632. The molecule has 2 N–H and O–H groups in total. The van der Waals surface area contributed by atoms with E-state index in [0.29, 0.717) is 5.69 Å². The molecular weight excluding hydrogens is 284 g/mol. The van der Waals surface area contributed by atoms with E-state index in [9.17, 15) is 9.90 Å². The van der Waals surface area contributed by atoms with E-state index in [-0.39, 0.29) is 6.04 Å². The molecule has 4 nitrogen and oxygen atoms in total. The highest BCUT2D eigenvalue weighted by molar-refractivity contribution is 7.13. The second-order valence-corrected chi connectivity index (χ2v) is 6.60. The summed E-state index contributed by atoms with van der Waals surface area (Å²) in [4.78, 5) is 15.7. The van der Waals surface area contributed by atoms with Crippen LogP contribution in [0.3, 0.4) is 0 Å². The largest absolute Gasteiger partial charge is 0.481 e. The Labute approximate surface area is 128 Å². The molecule has 1 heterocycles. The first kappa shape index (κ1) is 15.5. The minimum atomic E-state index is -0.969. The van der Waals surface area contributed by atoms with Gasteiger partial charge < -0.3 is 10.4 Å². The Morgan fingerprint density at radius 1 is 1.33 bits per heavy atom. The van der Waals surface area contributed by atoms with Crippen LogP contribution in [0.2, 0.25) is 0 Å². The molecule has 1 aromatic heterocycles. The summed E-state index contributed by atoms with van der Waals surface area (Å²) in [6.07, 6.45) is 0. The molecule has 5 heteroatoms. The number of rotatable bonds is 5. The quantitative estimate of drug-likeness (QED) is 0.877. The lowest BCUT2D eigenvalue weighted by atomic mass is 9.90. The topological polar surface area (TPSA) is 62.2 Å². The van der Waals surface area contributed by atoms with E-state index < -0.39 is 11.4 Å². The normalized spacial score (nSPS) is 13.0. The molecule has 21 heavy (non-hydrogen) atoms. The second-order valence-electron chi connectivity index (χ2n) is 5.74. The molecule has 2 rings (SSSR count). The van der Waals surface area contributed by atoms with Crippen molar-refractivity contribution in [1.29, 1.82) is 0 Å². The third kappa shape index (κ3) is 3.42. The summed E-state index contributed by atoms with van der Waals surface area (Å²) < 4.78 is 0. The van der Waals surface area contributed by atoms with E-state index in [2.05, 4.69) is 48.4 Å². The number of carboxylic acids is 1. The fourth-order valence-corrected chi connectivity index (χ4v) is 2.83. The van der Waals surface area contributed by atoms with Crippen LogP contribution in [0.25, 0.3) is 0 Å². The van der Waals surface area contributed by atoms with Crippen molar-refractivity contribution in [3.05, 3.63) is 46.5 Å². The summed E-state index contributed by atoms with van der Waals surface area (Å²) >= 11 is 1.43. The lowest BCUT2D eigenvalue weighted by Gasteiger charge is -2.16. The summed E-state index contributed by atoms with van der Waals surface area (Å²) in [5, 5.41) is 15.1. The highest BCUT2D eigenvalue weighted by atomic mass is 32.1. The van der Waals surface area contributed by atoms with E-state index in [1.165, 1.54) is 22.5 Å². The average molecular weight is 304 g/mol. The molecule has 0 amide bonds. The lowest BCUT2D eigenvalue weighted by molar-refractivity contribution is -0.142. The van der Waals surface area contributed by atoms with E-state index in [4.69, 9.17) is 0 Å². The van der Waals surface area contributed by atoms with Gasteiger partial charge in [-0.15, -0.1) is 11.3 Å². The van der Waals surface area contributed by atoms with Gasteiger partial charge in [0.05, 0.1) is 11.7 Å². The number of carbonyl (C=O) groups is 1. The zero-order valence-electron chi connectivity index (χ0n) is 12.7. The molecule has 1 aromatic carbocycles. The molecule has 0 aliphatic rings. The van der Waals surface area contributed by atoms with Crippen LogP contribution in [-0.2, 0) is 10.2 Å². The smallest absolute Gasteiger partial charge is 0.315 e. The molecule has 1 atom stereocenters. The lowest BCUT2D eigenvalue weighted by Crippen LogP contribution is -2.28. The third-order valence-electron chi connectivity index (χ3n) is 3.60. The van der Waals surface area contributed by atoms with E-state index in [1.54, 1.807) is 19.2 Å². The number of hydrogen-bond acceptors (Lipinski definition) is 4. The van der Waals surface area contributed by atoms with Gasteiger partial charge in [-0.1, -0.05) is 29.8 Å². The first-order valence-electron chi connectivity index (χ1n) is 6.83. The van der Waals surface area contributed by atoms with E-state index >= 15 is 0 Å². The Morgan fingerprint density at radius 3 is 2.52 bits per heavy atom. The number of anilines is 1. The number of aliphatic carboxylic acids is 1.